The van der Waals surface area contributed by atoms with Gasteiger partial charge in [-0.25, -0.2) is 31.0 Å². The maximum atomic E-state index is 13.7. The lowest BCUT2D eigenvalue weighted by molar-refractivity contribution is -0.139. The number of nitrogens with zero attached hydrogens (tertiary/aromatic N) is 3. The number of carbonyl (C=O) groups excluding carboxylic acids is 2. The van der Waals surface area contributed by atoms with Gasteiger partial charge in [0.05, 0.1) is 23.5 Å². The van der Waals surface area contributed by atoms with Crippen LogP contribution in [0.4, 0.5) is 40.6 Å². The molecule has 44 heavy (non-hydrogen) atoms. The predicted molar refractivity (Wildman–Crippen MR) is 157 cm³/mol. The third-order valence-corrected chi connectivity index (χ3v) is 9.65. The van der Waals surface area contributed by atoms with Gasteiger partial charge in [-0.2, -0.15) is 0 Å². The number of nitrogens with one attached hydrogen (secondary N) is 2. The van der Waals surface area contributed by atoms with Crippen LogP contribution in [0.1, 0.15) is 48.5 Å². The van der Waals surface area contributed by atoms with E-state index in [9.17, 15) is 35.6 Å². The highest BCUT2D eigenvalue weighted by Gasteiger charge is 2.62. The third-order valence-electron chi connectivity index (χ3n) is 8.49. The Morgan fingerprint density at radius 3 is 2.45 bits per heavy atom. The number of hydrogen-bond acceptors (Lipinski definition) is 8. The van der Waals surface area contributed by atoms with Crippen molar-refractivity contribution in [1.82, 2.24) is 4.98 Å². The van der Waals surface area contributed by atoms with Crippen molar-refractivity contribution in [3.05, 3.63) is 41.5 Å². The van der Waals surface area contributed by atoms with Crippen molar-refractivity contribution >= 4 is 44.9 Å². The van der Waals surface area contributed by atoms with E-state index in [4.69, 9.17) is 4.74 Å². The minimum Gasteiger partial charge on any atom is -0.465 e. The molecule has 0 spiro atoms. The van der Waals surface area contributed by atoms with E-state index in [2.05, 4.69) is 15.0 Å². The summed E-state index contributed by atoms with van der Waals surface area (Å²) in [6.07, 6.45) is -2.47. The number of amides is 1. The SMILES string of the molecule is CCOC(=O)CS(=O)(=O)Nc1ccc(C(=O)Nc2cc(C)cc(N3CCC(F)(F)CC3)n2)c(N2CCC3(C(F)F)CC3C2)c1. The number of fused-ring (bicyclic) bond motifs is 1. The van der Waals surface area contributed by atoms with Crippen LogP contribution in [0.3, 0.4) is 0 Å². The van der Waals surface area contributed by atoms with Crippen LogP contribution in [-0.4, -0.2) is 76.2 Å². The highest BCUT2D eigenvalue weighted by Crippen LogP contribution is 2.61. The van der Waals surface area contributed by atoms with Crippen molar-refractivity contribution in [3.63, 3.8) is 0 Å². The molecule has 3 heterocycles. The number of carbonyl (C=O) groups is 2. The van der Waals surface area contributed by atoms with Crippen LogP contribution >= 0.6 is 0 Å². The fourth-order valence-corrected chi connectivity index (χ4v) is 6.94. The van der Waals surface area contributed by atoms with Crippen LogP contribution in [0.15, 0.2) is 30.3 Å². The first-order valence-electron chi connectivity index (χ1n) is 14.5. The number of alkyl halides is 4. The molecule has 5 rings (SSSR count). The summed E-state index contributed by atoms with van der Waals surface area (Å²) in [5, 5.41) is 2.76. The number of pyridine rings is 1. The molecule has 1 saturated carbocycles. The number of esters is 1. The maximum absolute atomic E-state index is 13.7. The molecule has 2 unspecified atom stereocenters. The number of aromatic nitrogens is 1. The van der Waals surface area contributed by atoms with Gasteiger partial charge in [0, 0.05) is 44.4 Å². The Morgan fingerprint density at radius 1 is 1.09 bits per heavy atom. The summed E-state index contributed by atoms with van der Waals surface area (Å²) in [6, 6.07) is 7.62. The molecule has 15 heteroatoms. The van der Waals surface area contributed by atoms with Crippen LogP contribution in [0, 0.1) is 18.3 Å². The molecule has 0 radical (unpaired) electrons. The molecule has 2 aliphatic heterocycles. The molecule has 240 valence electrons. The van der Waals surface area contributed by atoms with Crippen molar-refractivity contribution in [3.8, 4) is 0 Å². The van der Waals surface area contributed by atoms with Crippen molar-refractivity contribution in [2.24, 2.45) is 11.3 Å². The highest BCUT2D eigenvalue weighted by molar-refractivity contribution is 7.93. The normalized spacial score (nSPS) is 22.8. The van der Waals surface area contributed by atoms with E-state index in [1.54, 1.807) is 35.8 Å². The van der Waals surface area contributed by atoms with E-state index in [0.29, 0.717) is 17.9 Å². The molecular weight excluding hydrogens is 606 g/mol. The van der Waals surface area contributed by atoms with Crippen LogP contribution in [0.25, 0.3) is 0 Å². The van der Waals surface area contributed by atoms with E-state index in [1.807, 2.05) is 0 Å². The zero-order valence-electron chi connectivity index (χ0n) is 24.4. The number of anilines is 4. The minimum atomic E-state index is -4.14. The summed E-state index contributed by atoms with van der Waals surface area (Å²) < 4.78 is 87.1. The average molecular weight is 642 g/mol. The van der Waals surface area contributed by atoms with Gasteiger partial charge in [0.15, 0.2) is 5.75 Å². The summed E-state index contributed by atoms with van der Waals surface area (Å²) in [5.74, 6) is -4.74. The first-order valence-corrected chi connectivity index (χ1v) is 16.1. The standard InChI is InChI=1S/C29H35F4N5O5S/c1-3-43-25(39)17-44(41,42)36-20-4-5-21(22(14-20)38-9-6-28(27(30)31)15-19(28)16-38)26(40)35-23-12-18(2)13-24(34-23)37-10-7-29(32,33)8-11-37/h4-5,12-14,19,27,36H,3,6-11,15-17H2,1-2H3,(H,34,35,40). The van der Waals surface area contributed by atoms with Gasteiger partial charge in [0.1, 0.15) is 11.6 Å². The number of ether oxygens (including phenoxy) is 1. The molecule has 2 N–H and O–H groups in total. The number of rotatable bonds is 10. The predicted octanol–water partition coefficient (Wildman–Crippen LogP) is 4.66. The average Bonchev–Trinajstić information content (AvgIpc) is 3.68. The first-order chi connectivity index (χ1) is 20.7. The van der Waals surface area contributed by atoms with Gasteiger partial charge < -0.3 is 19.9 Å². The maximum Gasteiger partial charge on any atom is 0.323 e. The molecule has 3 fully saturated rings. The van der Waals surface area contributed by atoms with Gasteiger partial charge in [-0.3, -0.25) is 14.3 Å². The van der Waals surface area contributed by atoms with E-state index < -0.39 is 45.4 Å². The lowest BCUT2D eigenvalue weighted by Crippen LogP contribution is -2.39. The van der Waals surface area contributed by atoms with Gasteiger partial charge in [-0.05, 0) is 68.5 Å². The molecular formula is C29H35F4N5O5S. The topological polar surface area (TPSA) is 121 Å². The monoisotopic (exact) mass is 641 g/mol. The zero-order valence-corrected chi connectivity index (χ0v) is 25.2. The second-order valence-corrected chi connectivity index (χ2v) is 13.4. The summed E-state index contributed by atoms with van der Waals surface area (Å²) >= 11 is 0. The van der Waals surface area contributed by atoms with Gasteiger partial charge in [-0.1, -0.05) is 0 Å². The Morgan fingerprint density at radius 2 is 1.80 bits per heavy atom. The van der Waals surface area contributed by atoms with Crippen molar-refractivity contribution in [2.75, 3.05) is 58.4 Å². The summed E-state index contributed by atoms with van der Waals surface area (Å²) in [5.41, 5.74) is 0.297. The number of piperidine rings is 2. The Labute approximate surface area is 253 Å². The number of sulfonamides is 1. The zero-order chi connectivity index (χ0) is 31.9. The first kappa shape index (κ1) is 31.8. The Balaban J connectivity index is 1.40. The minimum absolute atomic E-state index is 0.0177. The molecule has 2 saturated heterocycles. The largest absolute Gasteiger partial charge is 0.465 e. The summed E-state index contributed by atoms with van der Waals surface area (Å²) in [7, 11) is -4.14. The van der Waals surface area contributed by atoms with Crippen LogP contribution in [-0.2, 0) is 19.6 Å². The highest BCUT2D eigenvalue weighted by atomic mass is 32.2. The molecule has 3 aliphatic rings. The van der Waals surface area contributed by atoms with E-state index in [0.717, 1.165) is 5.56 Å². The fraction of sp³-hybridized carbons (Fsp3) is 0.552. The molecule has 2 atom stereocenters. The molecule has 1 amide bonds. The van der Waals surface area contributed by atoms with Crippen molar-refractivity contribution in [2.45, 2.75) is 51.9 Å². The lowest BCUT2D eigenvalue weighted by atomic mass is 9.95. The van der Waals surface area contributed by atoms with E-state index in [-0.39, 0.29) is 75.0 Å². The fourth-order valence-electron chi connectivity index (χ4n) is 5.99. The molecule has 1 aromatic carbocycles. The van der Waals surface area contributed by atoms with Crippen LogP contribution in [0.2, 0.25) is 0 Å². The quantitative estimate of drug-likeness (QED) is 0.284. The summed E-state index contributed by atoms with van der Waals surface area (Å²) in [4.78, 5) is 33.4. The van der Waals surface area contributed by atoms with E-state index >= 15 is 0 Å². The Kier molecular flexibility index (Phi) is 8.71. The Hall–Kier alpha value is -3.62. The molecule has 2 aromatic rings. The second-order valence-electron chi connectivity index (χ2n) is 11.7. The number of benzene rings is 1. The van der Waals surface area contributed by atoms with E-state index in [1.165, 1.54) is 18.2 Å². The molecule has 0 bridgehead atoms. The third kappa shape index (κ3) is 7.02. The van der Waals surface area contributed by atoms with Gasteiger partial charge >= 0.3 is 5.97 Å². The number of halogens is 4. The number of aryl methyl sites for hydroxylation is 1. The second kappa shape index (κ2) is 12.1. The van der Waals surface area contributed by atoms with Gasteiger partial charge in [-0.15, -0.1) is 0 Å². The molecule has 1 aliphatic carbocycles. The van der Waals surface area contributed by atoms with Crippen LogP contribution < -0.4 is 19.8 Å². The van der Waals surface area contributed by atoms with Crippen molar-refractivity contribution in [1.29, 1.82) is 0 Å². The lowest BCUT2D eigenvalue weighted by Gasteiger charge is -2.34. The summed E-state index contributed by atoms with van der Waals surface area (Å²) in [6.45, 7) is 4.08. The van der Waals surface area contributed by atoms with Gasteiger partial charge in [0.2, 0.25) is 16.4 Å². The Bertz CT molecular complexity index is 1530. The smallest absolute Gasteiger partial charge is 0.323 e. The molecule has 1 aromatic heterocycles. The van der Waals surface area contributed by atoms with Crippen molar-refractivity contribution < 1.29 is 40.3 Å². The van der Waals surface area contributed by atoms with Crippen LogP contribution in [0.5, 0.6) is 0 Å². The number of hydrogen-bond donors (Lipinski definition) is 2. The van der Waals surface area contributed by atoms with Gasteiger partial charge in [0.25, 0.3) is 11.8 Å². The molecule has 10 nitrogen and oxygen atoms in total.